The second-order valence-electron chi connectivity index (χ2n) is 8.53. The van der Waals surface area contributed by atoms with Gasteiger partial charge in [0, 0.05) is 57.9 Å². The van der Waals surface area contributed by atoms with E-state index in [1.807, 2.05) is 46.0 Å². The maximum absolute atomic E-state index is 13.2. The zero-order valence-electron chi connectivity index (χ0n) is 19.2. The summed E-state index contributed by atoms with van der Waals surface area (Å²) in [5.74, 6) is -0.135. The fourth-order valence-electron chi connectivity index (χ4n) is 4.20. The molecule has 0 spiro atoms. The molecule has 172 valence electrons. The number of nitrogens with zero attached hydrogens (tertiary/aromatic N) is 3. The number of fused-ring (bicyclic) bond motifs is 1. The molecule has 3 rings (SSSR count). The van der Waals surface area contributed by atoms with E-state index in [2.05, 4.69) is 0 Å². The Morgan fingerprint density at radius 3 is 2.31 bits per heavy atom. The van der Waals surface area contributed by atoms with E-state index in [9.17, 15) is 14.0 Å². The predicted octanol–water partition coefficient (Wildman–Crippen LogP) is 5.00. The van der Waals surface area contributed by atoms with Gasteiger partial charge < -0.3 is 14.7 Å². The van der Waals surface area contributed by atoms with Crippen molar-refractivity contribution in [2.24, 2.45) is 0 Å². The van der Waals surface area contributed by atoms with Crippen LogP contribution in [0.2, 0.25) is 0 Å². The number of carbonyl (C=O) groups is 2. The Morgan fingerprint density at radius 2 is 1.59 bits per heavy atom. The number of benzene rings is 2. The van der Waals surface area contributed by atoms with Gasteiger partial charge in [-0.1, -0.05) is 37.5 Å². The zero-order valence-corrected chi connectivity index (χ0v) is 19.2. The minimum absolute atomic E-state index is 0.0355. The lowest BCUT2D eigenvalue weighted by Gasteiger charge is -2.29. The van der Waals surface area contributed by atoms with Crippen LogP contribution in [-0.2, 0) is 16.1 Å². The van der Waals surface area contributed by atoms with E-state index in [0.29, 0.717) is 32.6 Å². The minimum atomic E-state index is -0.268. The maximum atomic E-state index is 13.2. The highest BCUT2D eigenvalue weighted by atomic mass is 19.1. The first-order chi connectivity index (χ1) is 15.5. The molecule has 2 aromatic rings. The fraction of sp³-hybridized carbons (Fsp3) is 0.462. The Morgan fingerprint density at radius 1 is 0.938 bits per heavy atom. The Labute approximate surface area is 190 Å². The molecule has 0 radical (unpaired) electrons. The summed E-state index contributed by atoms with van der Waals surface area (Å²) in [6.45, 7) is 4.09. The van der Waals surface area contributed by atoms with E-state index in [0.717, 1.165) is 49.0 Å². The van der Waals surface area contributed by atoms with Crippen LogP contribution < -0.4 is 9.80 Å². The lowest BCUT2D eigenvalue weighted by atomic mass is 10.1. The molecule has 2 amide bonds. The van der Waals surface area contributed by atoms with E-state index in [1.54, 1.807) is 19.1 Å². The Bertz CT molecular complexity index is 900. The summed E-state index contributed by atoms with van der Waals surface area (Å²) in [5.41, 5.74) is 2.79. The van der Waals surface area contributed by atoms with Crippen LogP contribution in [0.15, 0.2) is 48.5 Å². The number of carbonyl (C=O) groups excluding carboxylic acids is 2. The molecule has 0 fully saturated rings. The van der Waals surface area contributed by atoms with E-state index >= 15 is 0 Å². The van der Waals surface area contributed by atoms with Crippen LogP contribution in [0, 0.1) is 5.82 Å². The van der Waals surface area contributed by atoms with Crippen LogP contribution >= 0.6 is 0 Å². The van der Waals surface area contributed by atoms with Crippen molar-refractivity contribution in [1.29, 1.82) is 0 Å². The summed E-state index contributed by atoms with van der Waals surface area (Å²) >= 11 is 0. The molecule has 0 bridgehead atoms. The SMILES string of the molecule is CC(=O)N1CCCCCCCN(C(=O)CCN(C)c2ccc(F)cc2)Cc2ccccc21. The largest absolute Gasteiger partial charge is 0.374 e. The third-order valence-corrected chi connectivity index (χ3v) is 6.11. The van der Waals surface area contributed by atoms with Crippen molar-refractivity contribution < 1.29 is 14.0 Å². The van der Waals surface area contributed by atoms with E-state index in [4.69, 9.17) is 0 Å². The van der Waals surface area contributed by atoms with Crippen molar-refractivity contribution in [3.63, 3.8) is 0 Å². The van der Waals surface area contributed by atoms with E-state index in [1.165, 1.54) is 12.1 Å². The van der Waals surface area contributed by atoms with Gasteiger partial charge in [-0.2, -0.15) is 0 Å². The third kappa shape index (κ3) is 6.55. The van der Waals surface area contributed by atoms with Crippen LogP contribution in [0.3, 0.4) is 0 Å². The highest BCUT2D eigenvalue weighted by Gasteiger charge is 2.20. The van der Waals surface area contributed by atoms with Gasteiger partial charge in [0.05, 0.1) is 0 Å². The molecule has 1 aliphatic rings. The quantitative estimate of drug-likeness (QED) is 0.674. The molecule has 6 heteroatoms. The van der Waals surface area contributed by atoms with Crippen LogP contribution in [-0.4, -0.2) is 43.4 Å². The first-order valence-electron chi connectivity index (χ1n) is 11.6. The predicted molar refractivity (Wildman–Crippen MR) is 127 cm³/mol. The van der Waals surface area contributed by atoms with Gasteiger partial charge in [-0.25, -0.2) is 4.39 Å². The Hall–Kier alpha value is -2.89. The molecule has 0 saturated carbocycles. The molecular formula is C26H34FN3O2. The normalized spacial score (nSPS) is 15.3. The number of anilines is 2. The average molecular weight is 440 g/mol. The zero-order chi connectivity index (χ0) is 22.9. The van der Waals surface area contributed by atoms with Crippen LogP contribution in [0.5, 0.6) is 0 Å². The van der Waals surface area contributed by atoms with Gasteiger partial charge in [0.25, 0.3) is 0 Å². The number of rotatable bonds is 4. The van der Waals surface area contributed by atoms with Crippen molar-refractivity contribution in [3.05, 3.63) is 59.9 Å². The summed E-state index contributed by atoms with van der Waals surface area (Å²) < 4.78 is 13.2. The van der Waals surface area contributed by atoms with E-state index in [-0.39, 0.29) is 17.6 Å². The van der Waals surface area contributed by atoms with Gasteiger partial charge in [-0.15, -0.1) is 0 Å². The third-order valence-electron chi connectivity index (χ3n) is 6.11. The Balaban J connectivity index is 1.73. The second kappa shape index (κ2) is 11.7. The molecule has 2 aromatic carbocycles. The molecule has 0 aliphatic carbocycles. The van der Waals surface area contributed by atoms with Crippen LogP contribution in [0.25, 0.3) is 0 Å². The van der Waals surface area contributed by atoms with Gasteiger partial charge in [0.1, 0.15) is 5.82 Å². The molecular weight excluding hydrogens is 405 g/mol. The first-order valence-corrected chi connectivity index (χ1v) is 11.6. The molecule has 5 nitrogen and oxygen atoms in total. The Kier molecular flexibility index (Phi) is 8.65. The highest BCUT2D eigenvalue weighted by molar-refractivity contribution is 5.92. The van der Waals surface area contributed by atoms with Crippen molar-refractivity contribution >= 4 is 23.2 Å². The topological polar surface area (TPSA) is 43.9 Å². The van der Waals surface area contributed by atoms with Gasteiger partial charge in [-0.05, 0) is 48.7 Å². The molecule has 0 unspecified atom stereocenters. The number of hydrogen-bond donors (Lipinski definition) is 0. The minimum Gasteiger partial charge on any atom is -0.374 e. The number of para-hydroxylation sites is 1. The first kappa shape index (κ1) is 23.8. The van der Waals surface area contributed by atoms with Crippen LogP contribution in [0.4, 0.5) is 15.8 Å². The maximum Gasteiger partial charge on any atom is 0.224 e. The summed E-state index contributed by atoms with van der Waals surface area (Å²) in [4.78, 5) is 31.3. The number of hydrogen-bond acceptors (Lipinski definition) is 3. The molecule has 1 aliphatic heterocycles. The smallest absolute Gasteiger partial charge is 0.224 e. The summed E-state index contributed by atoms with van der Waals surface area (Å²) in [5, 5.41) is 0. The van der Waals surface area contributed by atoms with Gasteiger partial charge in [-0.3, -0.25) is 9.59 Å². The van der Waals surface area contributed by atoms with Crippen molar-refractivity contribution in [1.82, 2.24) is 4.90 Å². The van der Waals surface area contributed by atoms with Gasteiger partial charge in [0.15, 0.2) is 0 Å². The highest BCUT2D eigenvalue weighted by Crippen LogP contribution is 2.25. The van der Waals surface area contributed by atoms with Crippen LogP contribution in [0.1, 0.15) is 51.0 Å². The molecule has 0 atom stereocenters. The molecule has 1 heterocycles. The summed E-state index contributed by atoms with van der Waals surface area (Å²) in [6.07, 6.45) is 5.64. The van der Waals surface area contributed by atoms with Crippen molar-refractivity contribution in [2.45, 2.75) is 52.0 Å². The molecule has 0 aromatic heterocycles. The lowest BCUT2D eigenvalue weighted by molar-refractivity contribution is -0.131. The van der Waals surface area contributed by atoms with E-state index < -0.39 is 0 Å². The van der Waals surface area contributed by atoms with Gasteiger partial charge >= 0.3 is 0 Å². The average Bonchev–Trinajstić information content (AvgIpc) is 2.78. The molecule has 0 saturated heterocycles. The summed E-state index contributed by atoms with van der Waals surface area (Å²) in [7, 11) is 1.91. The second-order valence-corrected chi connectivity index (χ2v) is 8.53. The molecule has 32 heavy (non-hydrogen) atoms. The van der Waals surface area contributed by atoms with Crippen molar-refractivity contribution in [2.75, 3.05) is 36.5 Å². The fourth-order valence-corrected chi connectivity index (χ4v) is 4.20. The number of amides is 2. The standard InChI is InChI=1S/C26H34FN3O2/c1-21(31)30-18-9-5-3-4-8-17-29(20-22-10-6-7-11-25(22)30)26(32)16-19-28(2)24-14-12-23(27)13-15-24/h6-7,10-15H,3-5,8-9,16-20H2,1-2H3. The van der Waals surface area contributed by atoms with Gasteiger partial charge in [0.2, 0.25) is 11.8 Å². The monoisotopic (exact) mass is 439 g/mol. The van der Waals surface area contributed by atoms with Crippen molar-refractivity contribution in [3.8, 4) is 0 Å². The number of halogens is 1. The lowest BCUT2D eigenvalue weighted by Crippen LogP contribution is -2.36. The summed E-state index contributed by atoms with van der Waals surface area (Å²) in [6, 6.07) is 14.2. The molecule has 0 N–H and O–H groups in total.